The third kappa shape index (κ3) is 6.61. The first-order valence-electron chi connectivity index (χ1n) is 16.3. The number of fused-ring (bicyclic) bond motifs is 2. The molecule has 49 heavy (non-hydrogen) atoms. The Labute approximate surface area is 287 Å². The normalized spacial score (nSPS) is 14.2. The van der Waals surface area contributed by atoms with Crippen LogP contribution in [0, 0.1) is 26.6 Å². The van der Waals surface area contributed by atoms with Crippen LogP contribution in [0.25, 0.3) is 21.9 Å². The number of amides is 1. The van der Waals surface area contributed by atoms with E-state index in [0.717, 1.165) is 76.4 Å². The van der Waals surface area contributed by atoms with Crippen LogP contribution in [-0.4, -0.2) is 53.7 Å². The molecule has 7 rings (SSSR count). The Morgan fingerprint density at radius 2 is 1.90 bits per heavy atom. The summed E-state index contributed by atoms with van der Waals surface area (Å²) in [5, 5.41) is 22.2. The zero-order chi connectivity index (χ0) is 34.2. The number of hydrogen-bond donors (Lipinski definition) is 3. The summed E-state index contributed by atoms with van der Waals surface area (Å²) in [5.41, 5.74) is 7.82. The number of nitrogens with one attached hydrogen (secondary N) is 2. The number of aliphatic hydroxyl groups excluding tert-OH is 1. The van der Waals surface area contributed by atoms with Gasteiger partial charge in [0.25, 0.3) is 5.91 Å². The maximum Gasteiger partial charge on any atom is 0.255 e. The first-order valence-corrected chi connectivity index (χ1v) is 16.7. The summed E-state index contributed by atoms with van der Waals surface area (Å²) in [4.78, 5) is 25.3. The number of ether oxygens (including phenoxy) is 1. The van der Waals surface area contributed by atoms with Crippen molar-refractivity contribution >= 4 is 45.1 Å². The number of rotatable bonds is 9. The van der Waals surface area contributed by atoms with E-state index in [1.807, 2.05) is 45.0 Å². The van der Waals surface area contributed by atoms with Crippen molar-refractivity contribution in [1.29, 1.82) is 0 Å². The van der Waals surface area contributed by atoms with E-state index in [9.17, 15) is 14.3 Å². The molecule has 1 fully saturated rings. The summed E-state index contributed by atoms with van der Waals surface area (Å²) in [6, 6.07) is 17.6. The lowest BCUT2D eigenvalue weighted by Crippen LogP contribution is -2.33. The van der Waals surface area contributed by atoms with Crippen LogP contribution in [0.5, 0.6) is 5.88 Å². The minimum atomic E-state index is -0.406. The molecule has 3 N–H and O–H groups in total. The van der Waals surface area contributed by atoms with Crippen molar-refractivity contribution in [2.75, 3.05) is 18.4 Å². The number of halogens is 2. The van der Waals surface area contributed by atoms with E-state index in [0.29, 0.717) is 34.1 Å². The number of nitrogens with zero attached hydrogens (tertiary/aromatic N) is 5. The molecule has 1 aliphatic rings. The number of piperidine rings is 1. The molecule has 3 aromatic heterocycles. The van der Waals surface area contributed by atoms with Gasteiger partial charge in [-0.15, -0.1) is 0 Å². The van der Waals surface area contributed by atoms with Gasteiger partial charge in [0.1, 0.15) is 25.0 Å². The van der Waals surface area contributed by atoms with Crippen molar-refractivity contribution < 1.29 is 19.0 Å². The standard InChI is InChI=1S/C37H37ClFN7O3/c1-21-15-30(22(2)35-23(3)43-44-36(21)35)42-37(48)25-8-10-32-31(16-25)40-33(46(32)20-47)18-45-13-11-24(12-14-45)29-5-4-6-34(41-29)49-19-26-7-9-27(38)17-28(26)39/h4-10,15-17,24,47H,11-14,18-20H2,1-3H3,(H,42,48)(H,43,44). The highest BCUT2D eigenvalue weighted by molar-refractivity contribution is 6.30. The summed E-state index contributed by atoms with van der Waals surface area (Å²) in [6.07, 6.45) is 1.80. The molecule has 3 aromatic carbocycles. The zero-order valence-corrected chi connectivity index (χ0v) is 28.3. The lowest BCUT2D eigenvalue weighted by Gasteiger charge is -2.31. The first-order chi connectivity index (χ1) is 23.7. The Hall–Kier alpha value is -4.84. The van der Waals surface area contributed by atoms with E-state index < -0.39 is 5.82 Å². The summed E-state index contributed by atoms with van der Waals surface area (Å²) >= 11 is 5.86. The van der Waals surface area contributed by atoms with E-state index in [1.54, 1.807) is 34.9 Å². The second-order valence-electron chi connectivity index (χ2n) is 12.7. The van der Waals surface area contributed by atoms with Crippen LogP contribution in [0.4, 0.5) is 10.1 Å². The van der Waals surface area contributed by atoms with E-state index in [-0.39, 0.29) is 25.2 Å². The SMILES string of the molecule is Cc1cc(NC(=O)c2ccc3c(c2)nc(CN2CCC(c4cccc(OCc5ccc(Cl)cc5F)n4)CC2)n3CO)c(C)c2c(C)[nH]nc12. The van der Waals surface area contributed by atoms with Gasteiger partial charge in [-0.05, 0) is 100 Å². The molecule has 0 atom stereocenters. The van der Waals surface area contributed by atoms with Crippen LogP contribution < -0.4 is 10.1 Å². The van der Waals surface area contributed by atoms with Gasteiger partial charge in [-0.3, -0.25) is 14.8 Å². The van der Waals surface area contributed by atoms with Gasteiger partial charge in [0.15, 0.2) is 0 Å². The van der Waals surface area contributed by atoms with Crippen LogP contribution >= 0.6 is 11.6 Å². The number of carbonyl (C=O) groups is 1. The number of benzene rings is 3. The Morgan fingerprint density at radius 1 is 1.08 bits per heavy atom. The highest BCUT2D eigenvalue weighted by Gasteiger charge is 2.24. The molecule has 10 nitrogen and oxygen atoms in total. The van der Waals surface area contributed by atoms with Crippen molar-refractivity contribution in [3.05, 3.63) is 111 Å². The number of H-pyrrole nitrogens is 1. The molecule has 1 saturated heterocycles. The number of aryl methyl sites for hydroxylation is 3. The number of aliphatic hydroxyl groups is 1. The number of imidazole rings is 1. The molecule has 0 spiro atoms. The molecule has 4 heterocycles. The number of aromatic nitrogens is 5. The monoisotopic (exact) mass is 681 g/mol. The van der Waals surface area contributed by atoms with Crippen molar-refractivity contribution in [2.24, 2.45) is 0 Å². The number of carbonyl (C=O) groups excluding carboxylic acids is 1. The number of hydrogen-bond acceptors (Lipinski definition) is 7. The van der Waals surface area contributed by atoms with Crippen LogP contribution in [0.2, 0.25) is 5.02 Å². The highest BCUT2D eigenvalue weighted by atomic mass is 35.5. The summed E-state index contributed by atoms with van der Waals surface area (Å²) in [7, 11) is 0. The van der Waals surface area contributed by atoms with Gasteiger partial charge in [-0.25, -0.2) is 14.4 Å². The lowest BCUT2D eigenvalue weighted by atomic mass is 9.93. The molecule has 0 unspecified atom stereocenters. The fourth-order valence-corrected chi connectivity index (χ4v) is 6.90. The fourth-order valence-electron chi connectivity index (χ4n) is 6.74. The van der Waals surface area contributed by atoms with Gasteiger partial charge in [0.2, 0.25) is 5.88 Å². The van der Waals surface area contributed by atoms with Crippen molar-refractivity contribution in [3.8, 4) is 5.88 Å². The maximum absolute atomic E-state index is 14.2. The first kappa shape index (κ1) is 32.7. The largest absolute Gasteiger partial charge is 0.473 e. The molecule has 6 aromatic rings. The average molecular weight is 682 g/mol. The fraction of sp³-hybridized carbons (Fsp3) is 0.297. The highest BCUT2D eigenvalue weighted by Crippen LogP contribution is 2.31. The second-order valence-corrected chi connectivity index (χ2v) is 13.1. The minimum absolute atomic E-state index is 0.0668. The van der Waals surface area contributed by atoms with Gasteiger partial charge in [-0.1, -0.05) is 23.7 Å². The maximum atomic E-state index is 14.2. The van der Waals surface area contributed by atoms with Gasteiger partial charge in [0, 0.05) is 50.6 Å². The topological polar surface area (TPSA) is 121 Å². The Balaban J connectivity index is 1.00. The molecular formula is C37H37ClFN7O3. The third-order valence-electron chi connectivity index (χ3n) is 9.45. The number of likely N-dealkylation sites (tertiary alicyclic amines) is 1. The van der Waals surface area contributed by atoms with Gasteiger partial charge in [-0.2, -0.15) is 5.10 Å². The lowest BCUT2D eigenvalue weighted by molar-refractivity contribution is 0.102. The van der Waals surface area contributed by atoms with Crippen LogP contribution in [0.1, 0.15) is 63.0 Å². The van der Waals surface area contributed by atoms with E-state index in [4.69, 9.17) is 26.3 Å². The molecule has 0 bridgehead atoms. The van der Waals surface area contributed by atoms with Crippen LogP contribution in [0.15, 0.2) is 60.7 Å². The number of anilines is 1. The van der Waals surface area contributed by atoms with E-state index >= 15 is 0 Å². The molecular weight excluding hydrogens is 645 g/mol. The second kappa shape index (κ2) is 13.6. The molecule has 12 heteroatoms. The van der Waals surface area contributed by atoms with Crippen molar-refractivity contribution in [2.45, 2.75) is 59.4 Å². The zero-order valence-electron chi connectivity index (χ0n) is 27.6. The number of aromatic amines is 1. The Morgan fingerprint density at radius 3 is 2.67 bits per heavy atom. The third-order valence-corrected chi connectivity index (χ3v) is 9.68. The van der Waals surface area contributed by atoms with Gasteiger partial charge in [0.05, 0.1) is 23.1 Å². The average Bonchev–Trinajstić information content (AvgIpc) is 3.66. The summed E-state index contributed by atoms with van der Waals surface area (Å²) in [5.74, 6) is 0.821. The summed E-state index contributed by atoms with van der Waals surface area (Å²) in [6.45, 7) is 8.01. The van der Waals surface area contributed by atoms with Crippen molar-refractivity contribution in [3.63, 3.8) is 0 Å². The quantitative estimate of drug-likeness (QED) is 0.148. The molecule has 1 amide bonds. The molecule has 252 valence electrons. The van der Waals surface area contributed by atoms with Crippen LogP contribution in [0.3, 0.4) is 0 Å². The summed E-state index contributed by atoms with van der Waals surface area (Å²) < 4.78 is 21.8. The van der Waals surface area contributed by atoms with Gasteiger partial charge >= 0.3 is 0 Å². The molecule has 0 radical (unpaired) electrons. The van der Waals surface area contributed by atoms with Gasteiger partial charge < -0.3 is 19.7 Å². The molecule has 0 saturated carbocycles. The molecule has 0 aliphatic carbocycles. The predicted octanol–water partition coefficient (Wildman–Crippen LogP) is 7.19. The van der Waals surface area contributed by atoms with E-state index in [2.05, 4.69) is 20.4 Å². The van der Waals surface area contributed by atoms with E-state index in [1.165, 1.54) is 6.07 Å². The van der Waals surface area contributed by atoms with Crippen molar-refractivity contribution in [1.82, 2.24) is 29.6 Å². The van der Waals surface area contributed by atoms with Crippen LogP contribution in [-0.2, 0) is 19.9 Å². The smallest absolute Gasteiger partial charge is 0.255 e. The number of pyridine rings is 1. The Kier molecular flexibility index (Phi) is 9.06. The Bertz CT molecular complexity index is 2190. The molecule has 1 aliphatic heterocycles. The minimum Gasteiger partial charge on any atom is -0.473 e. The predicted molar refractivity (Wildman–Crippen MR) is 187 cm³/mol.